The molecule has 10 aromatic carbocycles. The molecule has 11 rings (SSSR count). The van der Waals surface area contributed by atoms with Crippen molar-refractivity contribution in [2.45, 2.75) is 64.0 Å². The summed E-state index contributed by atoms with van der Waals surface area (Å²) in [5.74, 6) is 0.288. The van der Waals surface area contributed by atoms with E-state index in [1.807, 2.05) is 97.4 Å². The number of benzene rings is 10. The van der Waals surface area contributed by atoms with Crippen LogP contribution in [-0.4, -0.2) is 52.3 Å². The van der Waals surface area contributed by atoms with Crippen LogP contribution in [0.2, 0.25) is 46.3 Å². The molecule has 4 nitrogen and oxygen atoms in total. The highest BCUT2D eigenvalue weighted by molar-refractivity contribution is 6.76. The summed E-state index contributed by atoms with van der Waals surface area (Å²) in [5.41, 5.74) is 8.07. The number of rotatable bonds is 10. The smallest absolute Gasteiger partial charge is 0.132 e. The van der Waals surface area contributed by atoms with E-state index >= 15 is 0 Å². The predicted molar refractivity (Wildman–Crippen MR) is 323 cm³/mol. The van der Waals surface area contributed by atoms with Crippen molar-refractivity contribution in [3.05, 3.63) is 189 Å². The summed E-state index contributed by atoms with van der Waals surface area (Å²) in [7, 11) is -1.87. The summed E-state index contributed by atoms with van der Waals surface area (Å²) in [4.78, 5) is 10.6. The quantitative estimate of drug-likeness (QED) is 0.106. The van der Waals surface area contributed by atoms with Crippen LogP contribution in [0.5, 0.6) is 11.5 Å². The van der Waals surface area contributed by atoms with Gasteiger partial charge in [-0.2, -0.15) is 0 Å². The van der Waals surface area contributed by atoms with Crippen molar-refractivity contribution in [2.24, 2.45) is 9.98 Å². The number of aliphatic imine (C=N–C) groups is 2. The first-order valence-corrected chi connectivity index (χ1v) is 31.6. The lowest BCUT2D eigenvalue weighted by molar-refractivity contribution is 0.390. The molecule has 1 fully saturated rings. The van der Waals surface area contributed by atoms with Crippen LogP contribution in [0.4, 0.5) is 0 Å². The van der Waals surface area contributed by atoms with Gasteiger partial charge in [0.1, 0.15) is 11.5 Å². The fourth-order valence-electron chi connectivity index (χ4n) is 11.2. The van der Waals surface area contributed by atoms with Gasteiger partial charge in [-0.1, -0.05) is 207 Å². The van der Waals surface area contributed by atoms with E-state index in [9.17, 15) is 10.2 Å². The highest BCUT2D eigenvalue weighted by Crippen LogP contribution is 2.49. The van der Waals surface area contributed by atoms with Gasteiger partial charge >= 0.3 is 0 Å². The number of aromatic hydroxyl groups is 2. The molecule has 10 aromatic rings. The Bertz CT molecular complexity index is 3630. The van der Waals surface area contributed by atoms with Crippen LogP contribution in [0.25, 0.3) is 87.6 Å². The molecule has 1 aliphatic rings. The molecule has 2 N–H and O–H groups in total. The van der Waals surface area contributed by atoms with Crippen molar-refractivity contribution in [3.63, 3.8) is 0 Å². The second kappa shape index (κ2) is 20.8. The third-order valence-electron chi connectivity index (χ3n) is 14.7. The SMILES string of the molecule is C[Si](C)c1c(Cl)cc(-c2ccc3ccccc3c2-c2c(O)c(C=N[C@@H]3CCCC[C@H]3N=Cc3cc4ccccc4c(-c4c(-c5cc(Cl)c([Si](C)C)c(Cl)c5)ccc5ccccc45)c3O)cc3ccccc23)cc1Cl. The van der Waals surface area contributed by atoms with E-state index in [-0.39, 0.29) is 23.6 Å². The third kappa shape index (κ3) is 9.24. The Morgan fingerprint density at radius 1 is 0.419 bits per heavy atom. The predicted octanol–water partition coefficient (Wildman–Crippen LogP) is 17.8. The molecule has 366 valence electrons. The highest BCUT2D eigenvalue weighted by atomic mass is 35.5. The van der Waals surface area contributed by atoms with E-state index in [2.05, 4.69) is 99.0 Å². The van der Waals surface area contributed by atoms with Crippen LogP contribution in [0.3, 0.4) is 0 Å². The summed E-state index contributed by atoms with van der Waals surface area (Å²) in [5, 5.41) is 37.9. The van der Waals surface area contributed by atoms with Gasteiger partial charge in [-0.25, -0.2) is 0 Å². The van der Waals surface area contributed by atoms with Gasteiger partial charge in [0.25, 0.3) is 0 Å². The number of hydrogen-bond acceptors (Lipinski definition) is 4. The normalized spacial score (nSPS) is 15.3. The van der Waals surface area contributed by atoms with Crippen molar-refractivity contribution >= 4 is 130 Å². The van der Waals surface area contributed by atoms with Crippen LogP contribution in [0.15, 0.2) is 168 Å². The van der Waals surface area contributed by atoms with Gasteiger partial charge in [0, 0.05) is 65.9 Å². The molecule has 0 aliphatic heterocycles. The zero-order valence-electron chi connectivity index (χ0n) is 41.4. The van der Waals surface area contributed by atoms with Crippen LogP contribution in [0.1, 0.15) is 36.8 Å². The fraction of sp³-hybridized carbons (Fsp3) is 0.156. The molecule has 0 aromatic heterocycles. The Labute approximate surface area is 455 Å². The van der Waals surface area contributed by atoms with Gasteiger partial charge in [0.05, 0.1) is 29.7 Å². The first-order valence-electron chi connectivity index (χ1n) is 25.1. The second-order valence-corrected chi connectivity index (χ2v) is 26.5. The lowest BCUT2D eigenvalue weighted by Crippen LogP contribution is -2.27. The topological polar surface area (TPSA) is 65.2 Å². The number of hydrogen-bond donors (Lipinski definition) is 2. The monoisotopic (exact) mass is 1080 g/mol. The highest BCUT2D eigenvalue weighted by Gasteiger charge is 2.27. The Morgan fingerprint density at radius 2 is 0.743 bits per heavy atom. The minimum atomic E-state index is -0.933. The number of nitrogens with zero attached hydrogens (tertiary/aromatic N) is 2. The number of fused-ring (bicyclic) bond motifs is 4. The maximum absolute atomic E-state index is 12.7. The Morgan fingerprint density at radius 3 is 1.09 bits per heavy atom. The largest absolute Gasteiger partial charge is 0.507 e. The molecule has 0 spiro atoms. The Balaban J connectivity index is 1.01. The van der Waals surface area contributed by atoms with Gasteiger partial charge in [-0.15, -0.1) is 0 Å². The molecular weight excluding hydrogens is 1030 g/mol. The van der Waals surface area contributed by atoms with Gasteiger partial charge in [-0.3, -0.25) is 9.98 Å². The molecule has 1 saturated carbocycles. The standard InChI is InChI=1S/C64H52Cl4N2O2Si2/c1-73(2)63-51(65)31-41(32-52(63)66)49-27-25-37-15-5-9-19-45(37)57(49)59-47-21-11-7-17-39(47)29-43(61(59)71)35-69-55-23-13-14-24-56(55)70-36-44-30-40-18-8-12-22-48(40)60(62(44)72)58-46-20-10-6-16-38(46)26-28-50(58)42-33-53(67)64(74(3)4)54(68)34-42/h5-12,15-22,25-36,55-56,71-72H,13-14,23-24H2,1-4H3/t55-,56-/m1/s1. The molecular formula is C64H52Cl4N2O2Si2. The molecule has 0 heterocycles. The molecule has 2 radical (unpaired) electrons. The zero-order chi connectivity index (χ0) is 51.4. The lowest BCUT2D eigenvalue weighted by Gasteiger charge is -2.26. The molecule has 0 bridgehead atoms. The molecule has 74 heavy (non-hydrogen) atoms. The maximum Gasteiger partial charge on any atom is 0.132 e. The van der Waals surface area contributed by atoms with Crippen molar-refractivity contribution in [1.82, 2.24) is 0 Å². The third-order valence-corrected chi connectivity index (χ3v) is 19.6. The van der Waals surface area contributed by atoms with Gasteiger partial charge < -0.3 is 10.2 Å². The van der Waals surface area contributed by atoms with E-state index < -0.39 is 17.6 Å². The van der Waals surface area contributed by atoms with Crippen molar-refractivity contribution in [2.75, 3.05) is 0 Å². The first kappa shape index (κ1) is 50.0. The number of halogens is 4. The number of phenolic OH excluding ortho intramolecular Hbond substituents is 2. The number of phenols is 2. The van der Waals surface area contributed by atoms with Crippen molar-refractivity contribution < 1.29 is 10.2 Å². The Kier molecular flexibility index (Phi) is 14.1. The summed E-state index contributed by atoms with van der Waals surface area (Å²) >= 11 is 28.0. The van der Waals surface area contributed by atoms with Gasteiger partial charge in [0.2, 0.25) is 0 Å². The summed E-state index contributed by atoms with van der Waals surface area (Å²) < 4.78 is 0. The van der Waals surface area contributed by atoms with Crippen LogP contribution >= 0.6 is 46.4 Å². The van der Waals surface area contributed by atoms with Crippen LogP contribution in [0, 0.1) is 0 Å². The summed E-state index contributed by atoms with van der Waals surface area (Å²) in [6.07, 6.45) is 7.36. The van der Waals surface area contributed by atoms with Crippen LogP contribution in [-0.2, 0) is 0 Å². The van der Waals surface area contributed by atoms with E-state index in [0.29, 0.717) is 31.2 Å². The van der Waals surface area contributed by atoms with Crippen molar-refractivity contribution in [3.8, 4) is 56.0 Å². The molecule has 2 atom stereocenters. The molecule has 10 heteroatoms. The first-order chi connectivity index (χ1) is 35.9. The van der Waals surface area contributed by atoms with Gasteiger partial charge in [0.15, 0.2) is 0 Å². The fourth-order valence-corrected chi connectivity index (χ4v) is 16.6. The average Bonchev–Trinajstić information content (AvgIpc) is 3.40. The minimum Gasteiger partial charge on any atom is -0.507 e. The molecule has 0 saturated heterocycles. The van der Waals surface area contributed by atoms with E-state index in [1.54, 1.807) is 0 Å². The van der Waals surface area contributed by atoms with Gasteiger partial charge in [-0.05, 0) is 125 Å². The molecule has 0 unspecified atom stereocenters. The van der Waals surface area contributed by atoms with E-state index in [4.69, 9.17) is 56.4 Å². The van der Waals surface area contributed by atoms with Crippen molar-refractivity contribution in [1.29, 1.82) is 0 Å². The summed E-state index contributed by atoms with van der Waals surface area (Å²) in [6.45, 7) is 8.76. The maximum atomic E-state index is 12.7. The van der Waals surface area contributed by atoms with E-state index in [0.717, 1.165) is 124 Å². The zero-order valence-corrected chi connectivity index (χ0v) is 46.5. The van der Waals surface area contributed by atoms with Crippen LogP contribution < -0.4 is 10.4 Å². The average molecular weight is 1080 g/mol. The second-order valence-electron chi connectivity index (χ2n) is 19.8. The minimum absolute atomic E-state index is 0.144. The molecule has 1 aliphatic carbocycles. The Hall–Kier alpha value is -6.23. The lowest BCUT2D eigenvalue weighted by atomic mass is 9.86. The molecule has 0 amide bonds. The van der Waals surface area contributed by atoms with E-state index in [1.165, 1.54) is 0 Å². The summed E-state index contributed by atoms with van der Waals surface area (Å²) in [6, 6.07) is 53.2.